The van der Waals surface area contributed by atoms with E-state index in [0.717, 1.165) is 6.07 Å². The number of anilines is 1. The molecule has 1 aliphatic heterocycles. The number of nitrogens with zero attached hydrogens (tertiary/aromatic N) is 4. The fourth-order valence-corrected chi connectivity index (χ4v) is 4.98. The molecule has 2 aromatic heterocycles. The number of amides is 1. The van der Waals surface area contributed by atoms with Crippen LogP contribution < -0.4 is 10.9 Å². The number of ether oxygens (including phenoxy) is 2. The third kappa shape index (κ3) is 4.97. The molecule has 1 saturated heterocycles. The van der Waals surface area contributed by atoms with Gasteiger partial charge < -0.3 is 19.7 Å². The zero-order valence-electron chi connectivity index (χ0n) is 21.6. The summed E-state index contributed by atoms with van der Waals surface area (Å²) in [6.45, 7) is 2.37. The Hall–Kier alpha value is -3.51. The van der Waals surface area contributed by atoms with Gasteiger partial charge in [-0.3, -0.25) is 14.2 Å². The Balaban J connectivity index is 1.73. The number of aryl methyl sites for hydroxylation is 1. The molecular formula is C26H30F3N5O4. The topological polar surface area (TPSA) is 98.6 Å². The van der Waals surface area contributed by atoms with Crippen molar-refractivity contribution in [1.82, 2.24) is 19.4 Å². The van der Waals surface area contributed by atoms with Crippen LogP contribution in [0, 0.1) is 5.82 Å². The minimum absolute atomic E-state index is 0.0247. The quantitative estimate of drug-likeness (QED) is 0.472. The average Bonchev–Trinajstić information content (AvgIpc) is 2.91. The second kappa shape index (κ2) is 11.1. The highest BCUT2D eigenvalue weighted by molar-refractivity contribution is 5.87. The van der Waals surface area contributed by atoms with E-state index in [1.165, 1.54) is 37.2 Å². The van der Waals surface area contributed by atoms with Gasteiger partial charge in [-0.05, 0) is 25.8 Å². The van der Waals surface area contributed by atoms with Crippen LogP contribution in [0.25, 0.3) is 11.0 Å². The van der Waals surface area contributed by atoms with Crippen LogP contribution in [0.5, 0.6) is 0 Å². The number of hydrogen-bond acceptors (Lipinski definition) is 7. The Morgan fingerprint density at radius 1 is 1.18 bits per heavy atom. The molecule has 3 aromatic rings. The summed E-state index contributed by atoms with van der Waals surface area (Å²) in [7, 11) is 4.57. The lowest BCUT2D eigenvalue weighted by atomic mass is 9.84. The van der Waals surface area contributed by atoms with Crippen molar-refractivity contribution in [1.29, 1.82) is 0 Å². The zero-order chi connectivity index (χ0) is 27.6. The highest BCUT2D eigenvalue weighted by Crippen LogP contribution is 2.37. The van der Waals surface area contributed by atoms with Gasteiger partial charge in [0.05, 0.1) is 22.6 Å². The SMILES string of the molecule is COCC(=O)N1CCC(OC)(c2cc3c(N[C@H](C)c4cccc(C(F)F)c4F)ncnc3n(C)c2=O)CC1. The number of carbonyl (C=O) groups is 1. The van der Waals surface area contributed by atoms with Crippen molar-refractivity contribution in [2.45, 2.75) is 37.8 Å². The van der Waals surface area contributed by atoms with Crippen molar-refractivity contribution in [3.63, 3.8) is 0 Å². The Morgan fingerprint density at radius 2 is 1.87 bits per heavy atom. The number of alkyl halides is 2. The maximum Gasteiger partial charge on any atom is 0.266 e. The lowest BCUT2D eigenvalue weighted by molar-refractivity contribution is -0.141. The van der Waals surface area contributed by atoms with Crippen LogP contribution in [0.15, 0.2) is 35.4 Å². The maximum atomic E-state index is 14.8. The number of fused-ring (bicyclic) bond motifs is 1. The molecule has 38 heavy (non-hydrogen) atoms. The fourth-order valence-electron chi connectivity index (χ4n) is 4.98. The number of halogens is 3. The van der Waals surface area contributed by atoms with Gasteiger partial charge in [0.25, 0.3) is 12.0 Å². The minimum atomic E-state index is -2.94. The molecule has 1 N–H and O–H groups in total. The summed E-state index contributed by atoms with van der Waals surface area (Å²) in [6.07, 6.45) is -0.897. The summed E-state index contributed by atoms with van der Waals surface area (Å²) in [4.78, 5) is 36.0. The molecular weight excluding hydrogens is 503 g/mol. The van der Waals surface area contributed by atoms with E-state index in [1.807, 2.05) is 0 Å². The van der Waals surface area contributed by atoms with Crippen molar-refractivity contribution in [2.75, 3.05) is 39.2 Å². The number of nitrogens with one attached hydrogen (secondary N) is 1. The van der Waals surface area contributed by atoms with Crippen LogP contribution >= 0.6 is 0 Å². The lowest BCUT2D eigenvalue weighted by Gasteiger charge is -2.40. The van der Waals surface area contributed by atoms with Gasteiger partial charge in [0, 0.05) is 39.9 Å². The monoisotopic (exact) mass is 533 g/mol. The second-order valence-corrected chi connectivity index (χ2v) is 9.31. The van der Waals surface area contributed by atoms with Gasteiger partial charge in [-0.15, -0.1) is 0 Å². The van der Waals surface area contributed by atoms with E-state index in [4.69, 9.17) is 9.47 Å². The van der Waals surface area contributed by atoms with Crippen molar-refractivity contribution in [3.05, 3.63) is 63.5 Å². The average molecular weight is 534 g/mol. The largest absolute Gasteiger partial charge is 0.375 e. The molecule has 1 aromatic carbocycles. The highest BCUT2D eigenvalue weighted by atomic mass is 19.3. The molecule has 3 heterocycles. The Labute approximate surface area is 217 Å². The molecule has 9 nitrogen and oxygen atoms in total. The molecule has 1 amide bonds. The van der Waals surface area contributed by atoms with Crippen molar-refractivity contribution >= 4 is 22.8 Å². The summed E-state index contributed by atoms with van der Waals surface area (Å²) in [5, 5.41) is 3.58. The van der Waals surface area contributed by atoms with E-state index in [-0.39, 0.29) is 23.6 Å². The number of pyridine rings is 1. The molecule has 0 unspecified atom stereocenters. The van der Waals surface area contributed by atoms with Crippen LogP contribution in [0.2, 0.25) is 0 Å². The first-order valence-corrected chi connectivity index (χ1v) is 12.1. The first kappa shape index (κ1) is 27.5. The summed E-state index contributed by atoms with van der Waals surface area (Å²) in [5.41, 5.74) is -1.16. The standard InChI is InChI=1S/C26H30F3N5O4/c1-15(16-6-5-7-17(21(16)27)22(28)29)32-23-18-12-19(25(36)33(2)24(18)31-14-30-23)26(38-4)8-10-34(11-9-26)20(35)13-37-3/h5-7,12,14-15,22H,8-11,13H2,1-4H3,(H,30,31,32)/t15-/m1/s1. The molecule has 1 aliphatic rings. The third-order valence-corrected chi connectivity index (χ3v) is 7.19. The normalized spacial score (nSPS) is 16.2. The molecule has 1 atom stereocenters. The number of methoxy groups -OCH3 is 2. The van der Waals surface area contributed by atoms with Crippen LogP contribution in [0.1, 0.15) is 48.9 Å². The number of piperidine rings is 1. The van der Waals surface area contributed by atoms with Gasteiger partial charge in [0.2, 0.25) is 5.91 Å². The number of likely N-dealkylation sites (tertiary alicyclic amines) is 1. The van der Waals surface area contributed by atoms with Crippen LogP contribution in [0.4, 0.5) is 19.0 Å². The van der Waals surface area contributed by atoms with Gasteiger partial charge >= 0.3 is 0 Å². The zero-order valence-corrected chi connectivity index (χ0v) is 21.6. The predicted octanol–water partition coefficient (Wildman–Crippen LogP) is 3.69. The molecule has 204 valence electrons. The number of rotatable bonds is 8. The highest BCUT2D eigenvalue weighted by Gasteiger charge is 2.40. The van der Waals surface area contributed by atoms with Gasteiger partial charge in [0.15, 0.2) is 0 Å². The molecule has 12 heteroatoms. The van der Waals surface area contributed by atoms with Crippen molar-refractivity contribution in [3.8, 4) is 0 Å². The van der Waals surface area contributed by atoms with Gasteiger partial charge in [-0.25, -0.2) is 23.1 Å². The number of carbonyl (C=O) groups excluding carboxylic acids is 1. The molecule has 0 aliphatic carbocycles. The molecule has 0 spiro atoms. The van der Waals surface area contributed by atoms with E-state index in [9.17, 15) is 22.8 Å². The Bertz CT molecular complexity index is 1390. The molecule has 0 saturated carbocycles. The van der Waals surface area contributed by atoms with E-state index < -0.39 is 29.4 Å². The Morgan fingerprint density at radius 3 is 2.50 bits per heavy atom. The third-order valence-electron chi connectivity index (χ3n) is 7.19. The van der Waals surface area contributed by atoms with E-state index in [2.05, 4.69) is 15.3 Å². The van der Waals surface area contributed by atoms with Crippen LogP contribution in [-0.4, -0.2) is 59.3 Å². The van der Waals surface area contributed by atoms with E-state index in [0.29, 0.717) is 48.3 Å². The first-order chi connectivity index (χ1) is 18.1. The molecule has 4 rings (SSSR count). The number of hydrogen-bond donors (Lipinski definition) is 1. The van der Waals surface area contributed by atoms with E-state index >= 15 is 0 Å². The first-order valence-electron chi connectivity index (χ1n) is 12.1. The smallest absolute Gasteiger partial charge is 0.266 e. The summed E-state index contributed by atoms with van der Waals surface area (Å²) >= 11 is 0. The van der Waals surface area contributed by atoms with Gasteiger partial charge in [-0.2, -0.15) is 0 Å². The Kier molecular flexibility index (Phi) is 8.02. The predicted molar refractivity (Wildman–Crippen MR) is 135 cm³/mol. The summed E-state index contributed by atoms with van der Waals surface area (Å²) in [5.74, 6) is -0.817. The van der Waals surface area contributed by atoms with Gasteiger partial charge in [-0.1, -0.05) is 18.2 Å². The maximum absolute atomic E-state index is 14.8. The molecule has 1 fully saturated rings. The van der Waals surface area contributed by atoms with Crippen molar-refractivity contribution in [2.24, 2.45) is 7.05 Å². The number of aromatic nitrogens is 3. The minimum Gasteiger partial charge on any atom is -0.375 e. The lowest BCUT2D eigenvalue weighted by Crippen LogP contribution is -2.49. The van der Waals surface area contributed by atoms with Crippen molar-refractivity contribution < 1.29 is 27.4 Å². The van der Waals surface area contributed by atoms with Crippen LogP contribution in [0.3, 0.4) is 0 Å². The summed E-state index contributed by atoms with van der Waals surface area (Å²) in [6, 6.07) is 4.80. The molecule has 0 bridgehead atoms. The molecule has 0 radical (unpaired) electrons. The second-order valence-electron chi connectivity index (χ2n) is 9.31. The van der Waals surface area contributed by atoms with Gasteiger partial charge in [0.1, 0.15) is 35.8 Å². The number of benzene rings is 1. The fraction of sp³-hybridized carbons (Fsp3) is 0.462. The van der Waals surface area contributed by atoms with E-state index in [1.54, 1.807) is 24.9 Å². The van der Waals surface area contributed by atoms with Crippen LogP contribution in [-0.2, 0) is 26.9 Å². The summed E-state index contributed by atoms with van der Waals surface area (Å²) < 4.78 is 53.5.